The summed E-state index contributed by atoms with van der Waals surface area (Å²) in [5, 5.41) is 7.09. The lowest BCUT2D eigenvalue weighted by molar-refractivity contribution is -0.120. The molecule has 0 aromatic carbocycles. The predicted molar refractivity (Wildman–Crippen MR) is 112 cm³/mol. The quantitative estimate of drug-likeness (QED) is 0.772. The number of amides is 1. The largest absolute Gasteiger partial charge is 0.359 e. The molecule has 0 fully saturated rings. The molecule has 9 heteroatoms. The molecule has 2 unspecified atom stereocenters. The third kappa shape index (κ3) is 3.77. The van der Waals surface area contributed by atoms with Crippen LogP contribution in [0.1, 0.15) is 12.6 Å². The molecule has 3 aliphatic rings. The van der Waals surface area contributed by atoms with Crippen molar-refractivity contribution in [3.8, 4) is 0 Å². The number of nitrogens with one attached hydrogen (secondary N) is 2. The number of aliphatic imine (C=N–C) groups is 2. The van der Waals surface area contributed by atoms with E-state index in [1.807, 2.05) is 27.1 Å². The lowest BCUT2D eigenvalue weighted by Crippen LogP contribution is -2.38. The fraction of sp³-hybridized carbons (Fsp3) is 0.300. The number of likely N-dealkylation sites (N-methyl/N-ethyl adjacent to an activating group) is 1. The second-order valence-electron chi connectivity index (χ2n) is 7.34. The van der Waals surface area contributed by atoms with Gasteiger partial charge in [-0.2, -0.15) is 5.10 Å². The van der Waals surface area contributed by atoms with Crippen molar-refractivity contribution in [1.29, 1.82) is 0 Å². The Morgan fingerprint density at radius 2 is 2.17 bits per heavy atom. The first-order chi connectivity index (χ1) is 14.0. The van der Waals surface area contributed by atoms with Crippen LogP contribution in [0.2, 0.25) is 0 Å². The molecule has 2 atom stereocenters. The summed E-state index contributed by atoms with van der Waals surface area (Å²) in [6.07, 6.45) is 14.1. The van der Waals surface area contributed by atoms with Gasteiger partial charge in [0.15, 0.2) is 0 Å². The average Bonchev–Trinajstić information content (AvgIpc) is 3.25. The van der Waals surface area contributed by atoms with Crippen LogP contribution >= 0.6 is 0 Å². The van der Waals surface area contributed by atoms with E-state index in [0.29, 0.717) is 12.3 Å². The minimum Gasteiger partial charge on any atom is -0.359 e. The third-order valence-corrected chi connectivity index (χ3v) is 4.74. The van der Waals surface area contributed by atoms with Crippen molar-refractivity contribution >= 4 is 29.1 Å². The zero-order valence-electron chi connectivity index (χ0n) is 16.5. The van der Waals surface area contributed by atoms with Gasteiger partial charge in [0.1, 0.15) is 11.5 Å². The highest BCUT2D eigenvalue weighted by molar-refractivity contribution is 6.25. The fourth-order valence-electron chi connectivity index (χ4n) is 3.67. The molecule has 0 saturated heterocycles. The van der Waals surface area contributed by atoms with Gasteiger partial charge < -0.3 is 10.2 Å². The van der Waals surface area contributed by atoms with E-state index in [1.54, 1.807) is 37.2 Å². The Kier molecular flexibility index (Phi) is 4.89. The van der Waals surface area contributed by atoms with Crippen molar-refractivity contribution in [2.24, 2.45) is 21.0 Å². The third-order valence-electron chi connectivity index (χ3n) is 4.74. The van der Waals surface area contributed by atoms with E-state index in [0.717, 1.165) is 22.7 Å². The van der Waals surface area contributed by atoms with Gasteiger partial charge in [0.2, 0.25) is 0 Å². The first-order valence-corrected chi connectivity index (χ1v) is 9.24. The number of nitrogens with zero attached hydrogens (tertiary/aromatic N) is 6. The van der Waals surface area contributed by atoms with Crippen LogP contribution in [-0.2, 0) is 4.79 Å². The van der Waals surface area contributed by atoms with Crippen LogP contribution in [0.4, 0.5) is 0 Å². The molecule has 0 aliphatic carbocycles. The molecule has 0 radical (unpaired) electrons. The number of carbonyl (C=O) groups is 1. The maximum absolute atomic E-state index is 12.1. The highest BCUT2D eigenvalue weighted by atomic mass is 16.2. The van der Waals surface area contributed by atoms with Crippen LogP contribution in [-0.4, -0.2) is 64.6 Å². The SMILES string of the molecule is CC1=NC(C=C2NC=CN=C2C2C=NNC2=O)(CN(C)C)C=C1c1cnccn1. The molecular formula is C20H22N8O. The molecule has 1 aromatic heterocycles. The maximum Gasteiger partial charge on any atom is 0.254 e. The van der Waals surface area contributed by atoms with Gasteiger partial charge in [-0.1, -0.05) is 0 Å². The van der Waals surface area contributed by atoms with Crippen LogP contribution < -0.4 is 10.7 Å². The highest BCUT2D eigenvalue weighted by Gasteiger charge is 2.36. The standard InChI is InChI=1S/C20H22N8O/c1-13-14(17-11-21-4-5-23-17)8-20(26-13,12-28(2)3)9-16-18(24-7-6-22-16)15-10-25-27-19(15)29/h4-11,15,22H,12H2,1-3H3,(H,27,29). The molecule has 1 amide bonds. The Bertz CT molecular complexity index is 1000. The molecule has 4 heterocycles. The van der Waals surface area contributed by atoms with Gasteiger partial charge in [-0.15, -0.1) is 0 Å². The Labute approximate surface area is 168 Å². The first kappa shape index (κ1) is 18.9. The summed E-state index contributed by atoms with van der Waals surface area (Å²) in [7, 11) is 4.00. The summed E-state index contributed by atoms with van der Waals surface area (Å²) >= 11 is 0. The summed E-state index contributed by atoms with van der Waals surface area (Å²) in [6.45, 7) is 2.61. The van der Waals surface area contributed by atoms with Crippen LogP contribution in [0.25, 0.3) is 5.57 Å². The average molecular weight is 390 g/mol. The molecular weight excluding hydrogens is 368 g/mol. The first-order valence-electron chi connectivity index (χ1n) is 9.24. The zero-order chi connectivity index (χ0) is 20.4. The van der Waals surface area contributed by atoms with Gasteiger partial charge in [0, 0.05) is 48.8 Å². The van der Waals surface area contributed by atoms with Crippen molar-refractivity contribution in [2.45, 2.75) is 12.5 Å². The van der Waals surface area contributed by atoms with E-state index in [1.165, 1.54) is 0 Å². The van der Waals surface area contributed by atoms with Gasteiger partial charge in [-0.25, -0.2) is 5.43 Å². The maximum atomic E-state index is 12.1. The number of hydrogen-bond donors (Lipinski definition) is 2. The predicted octanol–water partition coefficient (Wildman–Crippen LogP) is 0.766. The van der Waals surface area contributed by atoms with Gasteiger partial charge in [-0.05, 0) is 33.2 Å². The van der Waals surface area contributed by atoms with Crippen molar-refractivity contribution in [3.63, 3.8) is 0 Å². The molecule has 0 bridgehead atoms. The monoisotopic (exact) mass is 390 g/mol. The van der Waals surface area contributed by atoms with E-state index >= 15 is 0 Å². The summed E-state index contributed by atoms with van der Waals surface area (Å²) in [6, 6.07) is 0. The fourth-order valence-corrected chi connectivity index (χ4v) is 3.67. The molecule has 4 rings (SSSR count). The topological polar surface area (TPSA) is 107 Å². The highest BCUT2D eigenvalue weighted by Crippen LogP contribution is 2.32. The van der Waals surface area contributed by atoms with Crippen LogP contribution in [0.5, 0.6) is 0 Å². The normalized spacial score (nSPS) is 27.0. The van der Waals surface area contributed by atoms with Gasteiger partial charge in [-0.3, -0.25) is 24.7 Å². The Morgan fingerprint density at radius 1 is 1.31 bits per heavy atom. The Morgan fingerprint density at radius 3 is 2.86 bits per heavy atom. The van der Waals surface area contributed by atoms with Gasteiger partial charge in [0.05, 0.1) is 23.3 Å². The van der Waals surface area contributed by atoms with Gasteiger partial charge >= 0.3 is 0 Å². The molecule has 9 nitrogen and oxygen atoms in total. The smallest absolute Gasteiger partial charge is 0.254 e. The molecule has 148 valence electrons. The summed E-state index contributed by atoms with van der Waals surface area (Å²) < 4.78 is 0. The lowest BCUT2D eigenvalue weighted by atomic mass is 9.92. The zero-order valence-corrected chi connectivity index (χ0v) is 16.5. The lowest BCUT2D eigenvalue weighted by Gasteiger charge is -2.27. The van der Waals surface area contributed by atoms with E-state index in [4.69, 9.17) is 4.99 Å². The molecule has 29 heavy (non-hydrogen) atoms. The van der Waals surface area contributed by atoms with Crippen LogP contribution in [0, 0.1) is 5.92 Å². The Balaban J connectivity index is 1.77. The van der Waals surface area contributed by atoms with Crippen LogP contribution in [0.3, 0.4) is 0 Å². The second kappa shape index (κ2) is 7.51. The molecule has 1 aromatic rings. The number of allylic oxidation sites excluding steroid dienone is 2. The van der Waals surface area contributed by atoms with E-state index in [2.05, 4.69) is 41.8 Å². The van der Waals surface area contributed by atoms with Crippen molar-refractivity contribution in [1.82, 2.24) is 25.6 Å². The summed E-state index contributed by atoms with van der Waals surface area (Å²) in [5.74, 6) is -0.736. The minimum atomic E-state index is -0.638. The van der Waals surface area contributed by atoms with E-state index in [-0.39, 0.29) is 5.91 Å². The van der Waals surface area contributed by atoms with Crippen molar-refractivity contribution < 1.29 is 4.79 Å². The van der Waals surface area contributed by atoms with Crippen molar-refractivity contribution in [2.75, 3.05) is 20.6 Å². The second-order valence-corrected chi connectivity index (χ2v) is 7.34. The van der Waals surface area contributed by atoms with Gasteiger partial charge in [0.25, 0.3) is 5.91 Å². The Hall–Kier alpha value is -3.46. The molecule has 0 saturated carbocycles. The number of hydrazone groups is 1. The molecule has 2 N–H and O–H groups in total. The number of hydrogen-bond acceptors (Lipinski definition) is 8. The summed E-state index contributed by atoms with van der Waals surface area (Å²) in [4.78, 5) is 32.2. The molecule has 0 spiro atoms. The number of rotatable bonds is 5. The number of carbonyl (C=O) groups excluding carboxylic acids is 1. The molecule has 3 aliphatic heterocycles. The summed E-state index contributed by atoms with van der Waals surface area (Å²) in [5.41, 5.74) is 5.78. The minimum absolute atomic E-state index is 0.199. The van der Waals surface area contributed by atoms with Crippen molar-refractivity contribution in [3.05, 3.63) is 54.5 Å². The van der Waals surface area contributed by atoms with E-state index < -0.39 is 11.5 Å². The number of aromatic nitrogens is 2. The van der Waals surface area contributed by atoms with E-state index in [9.17, 15) is 4.79 Å². The van der Waals surface area contributed by atoms with Crippen LogP contribution in [0.15, 0.2) is 63.9 Å².